The summed E-state index contributed by atoms with van der Waals surface area (Å²) in [6.07, 6.45) is 0.706. The summed E-state index contributed by atoms with van der Waals surface area (Å²) in [5, 5.41) is 3.93. The molecule has 4 rings (SSSR count). The number of benzene rings is 4. The molecule has 0 aromatic heterocycles. The minimum absolute atomic E-state index is 0.161. The number of esters is 1. The van der Waals surface area contributed by atoms with Crippen LogP contribution >= 0.6 is 0 Å². The third-order valence-corrected chi connectivity index (χ3v) is 6.50. The maximum atomic E-state index is 13.2. The maximum Gasteiger partial charge on any atom is 0.307 e. The molecule has 0 saturated heterocycles. The molecule has 1 atom stereocenters. The Kier molecular flexibility index (Phi) is 9.15. The Balaban J connectivity index is 1.81. The van der Waals surface area contributed by atoms with E-state index in [-0.39, 0.29) is 18.4 Å². The minimum Gasteiger partial charge on any atom is -0.463 e. The highest BCUT2D eigenvalue weighted by molar-refractivity contribution is 5.71. The SMILES string of the molecule is CC(C)(C)OC(=O)C[C@@H](Cc1ccc(OCF)cc1)NC(c1ccccc1)(c1ccccc1)c1ccccc1. The fourth-order valence-electron chi connectivity index (χ4n) is 4.95. The lowest BCUT2D eigenvalue weighted by Crippen LogP contribution is -2.51. The third-order valence-electron chi connectivity index (χ3n) is 6.50. The second-order valence-electron chi connectivity index (χ2n) is 10.6. The van der Waals surface area contributed by atoms with Crippen LogP contribution in [0.5, 0.6) is 5.75 Å². The first-order valence-electron chi connectivity index (χ1n) is 13.2. The largest absolute Gasteiger partial charge is 0.463 e. The van der Waals surface area contributed by atoms with Crippen LogP contribution in [-0.2, 0) is 21.5 Å². The highest BCUT2D eigenvalue weighted by Gasteiger charge is 2.38. The molecule has 0 aliphatic heterocycles. The number of alkyl halides is 1. The van der Waals surface area contributed by atoms with Gasteiger partial charge in [0.05, 0.1) is 12.0 Å². The van der Waals surface area contributed by atoms with Gasteiger partial charge in [-0.1, -0.05) is 103 Å². The first-order chi connectivity index (χ1) is 18.8. The molecular weight excluding hydrogens is 489 g/mol. The molecule has 4 aromatic rings. The Hall–Kier alpha value is -3.96. The number of hydrogen-bond acceptors (Lipinski definition) is 4. The average Bonchev–Trinajstić information content (AvgIpc) is 2.93. The van der Waals surface area contributed by atoms with Crippen LogP contribution in [0.4, 0.5) is 4.39 Å². The Morgan fingerprint density at radius 3 is 1.62 bits per heavy atom. The van der Waals surface area contributed by atoms with Gasteiger partial charge in [-0.05, 0) is 61.6 Å². The van der Waals surface area contributed by atoms with E-state index < -0.39 is 18.0 Å². The Morgan fingerprint density at radius 2 is 1.21 bits per heavy atom. The summed E-state index contributed by atoms with van der Waals surface area (Å²) in [6.45, 7) is 4.74. The molecule has 0 amide bonds. The Labute approximate surface area is 230 Å². The molecule has 0 fully saturated rings. The van der Waals surface area contributed by atoms with Crippen LogP contribution in [0.1, 0.15) is 49.4 Å². The van der Waals surface area contributed by atoms with Crippen LogP contribution < -0.4 is 10.1 Å². The van der Waals surface area contributed by atoms with E-state index in [0.29, 0.717) is 12.2 Å². The predicted molar refractivity (Wildman–Crippen MR) is 153 cm³/mol. The van der Waals surface area contributed by atoms with Crippen molar-refractivity contribution in [2.75, 3.05) is 6.86 Å². The van der Waals surface area contributed by atoms with Gasteiger partial charge in [-0.25, -0.2) is 4.39 Å². The predicted octanol–water partition coefficient (Wildman–Crippen LogP) is 7.22. The van der Waals surface area contributed by atoms with Crippen molar-refractivity contribution in [2.45, 2.75) is 50.8 Å². The minimum atomic E-state index is -0.879. The van der Waals surface area contributed by atoms with Crippen LogP contribution in [0, 0.1) is 0 Å². The van der Waals surface area contributed by atoms with E-state index in [1.165, 1.54) is 0 Å². The van der Waals surface area contributed by atoms with Gasteiger partial charge in [-0.15, -0.1) is 0 Å². The van der Waals surface area contributed by atoms with Gasteiger partial charge in [0.2, 0.25) is 6.86 Å². The zero-order valence-corrected chi connectivity index (χ0v) is 22.8. The maximum absolute atomic E-state index is 13.2. The van der Waals surface area contributed by atoms with Crippen molar-refractivity contribution in [1.29, 1.82) is 0 Å². The van der Waals surface area contributed by atoms with Gasteiger partial charge in [0.1, 0.15) is 11.4 Å². The van der Waals surface area contributed by atoms with Crippen LogP contribution in [-0.4, -0.2) is 24.5 Å². The number of rotatable bonds is 11. The number of halogens is 1. The zero-order chi connectivity index (χ0) is 27.7. The lowest BCUT2D eigenvalue weighted by atomic mass is 9.76. The van der Waals surface area contributed by atoms with Crippen molar-refractivity contribution in [3.05, 3.63) is 138 Å². The first kappa shape index (κ1) is 28.1. The van der Waals surface area contributed by atoms with E-state index in [4.69, 9.17) is 9.47 Å². The fourth-order valence-corrected chi connectivity index (χ4v) is 4.95. The summed E-state index contributed by atoms with van der Waals surface area (Å²) in [5.74, 6) is 0.186. The molecule has 0 aliphatic rings. The van der Waals surface area contributed by atoms with E-state index in [9.17, 15) is 9.18 Å². The quantitative estimate of drug-likeness (QED) is 0.166. The lowest BCUT2D eigenvalue weighted by molar-refractivity contribution is -0.155. The van der Waals surface area contributed by atoms with Gasteiger partial charge in [-0.3, -0.25) is 10.1 Å². The van der Waals surface area contributed by atoms with E-state index in [0.717, 1.165) is 22.3 Å². The van der Waals surface area contributed by atoms with Gasteiger partial charge >= 0.3 is 5.97 Å². The van der Waals surface area contributed by atoms with Crippen LogP contribution in [0.25, 0.3) is 0 Å². The molecule has 0 heterocycles. The second-order valence-corrected chi connectivity index (χ2v) is 10.6. The third kappa shape index (κ3) is 7.33. The molecule has 0 bridgehead atoms. The van der Waals surface area contributed by atoms with Crippen LogP contribution in [0.2, 0.25) is 0 Å². The van der Waals surface area contributed by atoms with Crippen LogP contribution in [0.15, 0.2) is 115 Å². The lowest BCUT2D eigenvalue weighted by Gasteiger charge is -2.40. The molecule has 4 aromatic carbocycles. The normalized spacial score (nSPS) is 12.5. The standard InChI is InChI=1S/C34H36FNO3/c1-33(2,3)39-32(37)24-30(23-26-19-21-31(22-20-26)38-25-35)36-34(27-13-7-4-8-14-27,28-15-9-5-10-16-28)29-17-11-6-12-18-29/h4-22,30,36H,23-25H2,1-3H3/t30-/m1/s1. The van der Waals surface area contributed by atoms with Crippen molar-refractivity contribution >= 4 is 5.97 Å². The molecule has 0 radical (unpaired) electrons. The summed E-state index contributed by atoms with van der Waals surface area (Å²) in [7, 11) is 0. The molecular formula is C34H36FNO3. The van der Waals surface area contributed by atoms with Gasteiger partial charge < -0.3 is 9.47 Å². The molecule has 202 valence electrons. The van der Waals surface area contributed by atoms with Crippen molar-refractivity contribution in [3.8, 4) is 5.75 Å². The molecule has 39 heavy (non-hydrogen) atoms. The summed E-state index contributed by atoms with van der Waals surface area (Å²) in [5.41, 5.74) is 2.83. The average molecular weight is 526 g/mol. The smallest absolute Gasteiger partial charge is 0.307 e. The Morgan fingerprint density at radius 1 is 0.744 bits per heavy atom. The molecule has 5 heteroatoms. The van der Waals surface area contributed by atoms with Crippen molar-refractivity contribution in [1.82, 2.24) is 5.32 Å². The highest BCUT2D eigenvalue weighted by Crippen LogP contribution is 2.38. The number of carbonyl (C=O) groups is 1. The second kappa shape index (κ2) is 12.7. The number of hydrogen-bond donors (Lipinski definition) is 1. The summed E-state index contributed by atoms with van der Waals surface area (Å²) in [4.78, 5) is 13.2. The monoisotopic (exact) mass is 525 g/mol. The molecule has 0 unspecified atom stereocenters. The van der Waals surface area contributed by atoms with Gasteiger partial charge in [-0.2, -0.15) is 0 Å². The van der Waals surface area contributed by atoms with Gasteiger partial charge in [0.15, 0.2) is 0 Å². The van der Waals surface area contributed by atoms with Gasteiger partial charge in [0, 0.05) is 6.04 Å². The highest BCUT2D eigenvalue weighted by atomic mass is 19.1. The number of ether oxygens (including phenoxy) is 2. The van der Waals surface area contributed by atoms with E-state index in [1.54, 1.807) is 12.1 Å². The van der Waals surface area contributed by atoms with E-state index >= 15 is 0 Å². The van der Waals surface area contributed by atoms with Crippen LogP contribution in [0.3, 0.4) is 0 Å². The molecule has 0 saturated carbocycles. The molecule has 0 spiro atoms. The molecule has 0 aliphatic carbocycles. The topological polar surface area (TPSA) is 47.6 Å². The van der Waals surface area contributed by atoms with E-state index in [2.05, 4.69) is 41.7 Å². The Bertz CT molecular complexity index is 1210. The fraction of sp³-hybridized carbons (Fsp3) is 0.265. The number of carbonyl (C=O) groups excluding carboxylic acids is 1. The van der Waals surface area contributed by atoms with Crippen molar-refractivity contribution in [3.63, 3.8) is 0 Å². The van der Waals surface area contributed by atoms with Crippen molar-refractivity contribution in [2.24, 2.45) is 0 Å². The summed E-state index contributed by atoms with van der Waals surface area (Å²) < 4.78 is 23.4. The molecule has 4 nitrogen and oxygen atoms in total. The zero-order valence-electron chi connectivity index (χ0n) is 22.8. The van der Waals surface area contributed by atoms with Gasteiger partial charge in [0.25, 0.3) is 0 Å². The number of nitrogens with one attached hydrogen (secondary N) is 1. The van der Waals surface area contributed by atoms with E-state index in [1.807, 2.05) is 87.5 Å². The van der Waals surface area contributed by atoms with Crippen molar-refractivity contribution < 1.29 is 18.7 Å². The summed E-state index contributed by atoms with van der Waals surface area (Å²) in [6, 6.07) is 37.9. The molecule has 1 N–H and O–H groups in total. The summed E-state index contributed by atoms with van der Waals surface area (Å²) >= 11 is 0. The first-order valence-corrected chi connectivity index (χ1v) is 13.2.